The SMILES string of the molecule is CC(C)CNC(=O)c1ccnc(C(=O)NCc2ccncc2)c1. The largest absolute Gasteiger partial charge is 0.352 e. The van der Waals surface area contributed by atoms with E-state index in [0.29, 0.717) is 24.6 Å². The van der Waals surface area contributed by atoms with Crippen LogP contribution in [-0.2, 0) is 6.54 Å². The second-order valence-corrected chi connectivity index (χ2v) is 5.57. The molecule has 6 nitrogen and oxygen atoms in total. The Bertz CT molecular complexity index is 671. The first-order chi connectivity index (χ1) is 11.1. The number of pyridine rings is 2. The van der Waals surface area contributed by atoms with Gasteiger partial charge in [-0.25, -0.2) is 0 Å². The van der Waals surface area contributed by atoms with E-state index in [0.717, 1.165) is 5.56 Å². The molecule has 120 valence electrons. The van der Waals surface area contributed by atoms with Crippen LogP contribution in [0, 0.1) is 5.92 Å². The highest BCUT2D eigenvalue weighted by Crippen LogP contribution is 2.04. The molecule has 6 heteroatoms. The Hall–Kier alpha value is -2.76. The molecule has 0 saturated carbocycles. The summed E-state index contributed by atoms with van der Waals surface area (Å²) in [6, 6.07) is 6.74. The molecule has 0 bridgehead atoms. The van der Waals surface area contributed by atoms with Crippen molar-refractivity contribution < 1.29 is 9.59 Å². The normalized spacial score (nSPS) is 10.4. The molecule has 2 aromatic rings. The summed E-state index contributed by atoms with van der Waals surface area (Å²) in [4.78, 5) is 32.1. The fourth-order valence-electron chi connectivity index (χ4n) is 1.87. The summed E-state index contributed by atoms with van der Waals surface area (Å²) in [6.45, 7) is 5.01. The predicted octanol–water partition coefficient (Wildman–Crippen LogP) is 1.79. The molecule has 0 aliphatic carbocycles. The molecule has 2 rings (SSSR count). The lowest BCUT2D eigenvalue weighted by molar-refractivity contribution is 0.0946. The first-order valence-corrected chi connectivity index (χ1v) is 7.47. The minimum Gasteiger partial charge on any atom is -0.352 e. The van der Waals surface area contributed by atoms with E-state index in [1.54, 1.807) is 18.5 Å². The van der Waals surface area contributed by atoms with Gasteiger partial charge < -0.3 is 10.6 Å². The van der Waals surface area contributed by atoms with Crippen LogP contribution in [0.3, 0.4) is 0 Å². The van der Waals surface area contributed by atoms with Crippen molar-refractivity contribution >= 4 is 11.8 Å². The average molecular weight is 312 g/mol. The van der Waals surface area contributed by atoms with Crippen LogP contribution in [0.4, 0.5) is 0 Å². The number of hydrogen-bond donors (Lipinski definition) is 2. The van der Waals surface area contributed by atoms with Gasteiger partial charge in [0.05, 0.1) is 0 Å². The number of rotatable bonds is 6. The number of nitrogens with zero attached hydrogens (tertiary/aromatic N) is 2. The number of carbonyl (C=O) groups is 2. The third-order valence-electron chi connectivity index (χ3n) is 3.13. The fourth-order valence-corrected chi connectivity index (χ4v) is 1.87. The zero-order chi connectivity index (χ0) is 16.7. The van der Waals surface area contributed by atoms with Crippen LogP contribution in [0.5, 0.6) is 0 Å². The van der Waals surface area contributed by atoms with E-state index in [1.165, 1.54) is 12.3 Å². The molecule has 0 atom stereocenters. The summed E-state index contributed by atoms with van der Waals surface area (Å²) < 4.78 is 0. The van der Waals surface area contributed by atoms with E-state index in [-0.39, 0.29) is 17.5 Å². The zero-order valence-corrected chi connectivity index (χ0v) is 13.2. The Morgan fingerprint density at radius 3 is 2.48 bits per heavy atom. The molecule has 0 unspecified atom stereocenters. The van der Waals surface area contributed by atoms with Crippen LogP contribution in [0.15, 0.2) is 42.9 Å². The molecule has 0 aliphatic heterocycles. The molecule has 23 heavy (non-hydrogen) atoms. The molecule has 0 aromatic carbocycles. The Morgan fingerprint density at radius 1 is 1.04 bits per heavy atom. The molecule has 0 spiro atoms. The van der Waals surface area contributed by atoms with Crippen molar-refractivity contribution in [1.82, 2.24) is 20.6 Å². The number of hydrogen-bond acceptors (Lipinski definition) is 4. The monoisotopic (exact) mass is 312 g/mol. The van der Waals surface area contributed by atoms with Crippen LogP contribution in [0.25, 0.3) is 0 Å². The number of aromatic nitrogens is 2. The number of carbonyl (C=O) groups excluding carboxylic acids is 2. The van der Waals surface area contributed by atoms with Crippen molar-refractivity contribution in [3.63, 3.8) is 0 Å². The van der Waals surface area contributed by atoms with Crippen LogP contribution in [0.2, 0.25) is 0 Å². The minimum atomic E-state index is -0.319. The topological polar surface area (TPSA) is 84.0 Å². The Balaban J connectivity index is 1.98. The van der Waals surface area contributed by atoms with Gasteiger partial charge in [-0.05, 0) is 35.7 Å². The fraction of sp³-hybridized carbons (Fsp3) is 0.294. The van der Waals surface area contributed by atoms with E-state index in [9.17, 15) is 9.59 Å². The van der Waals surface area contributed by atoms with E-state index >= 15 is 0 Å². The smallest absolute Gasteiger partial charge is 0.270 e. The molecule has 0 saturated heterocycles. The Labute approximate surface area is 135 Å². The van der Waals surface area contributed by atoms with Gasteiger partial charge in [-0.1, -0.05) is 13.8 Å². The molecule has 0 fully saturated rings. The van der Waals surface area contributed by atoms with Gasteiger partial charge in [0.15, 0.2) is 0 Å². The van der Waals surface area contributed by atoms with Gasteiger partial charge in [0, 0.05) is 37.2 Å². The number of nitrogens with one attached hydrogen (secondary N) is 2. The average Bonchev–Trinajstić information content (AvgIpc) is 2.58. The van der Waals surface area contributed by atoms with Gasteiger partial charge in [0.2, 0.25) is 0 Å². The molecular weight excluding hydrogens is 292 g/mol. The van der Waals surface area contributed by atoms with Crippen molar-refractivity contribution in [3.05, 3.63) is 59.7 Å². The molecule has 0 radical (unpaired) electrons. The van der Waals surface area contributed by atoms with Gasteiger partial charge in [0.1, 0.15) is 5.69 Å². The van der Waals surface area contributed by atoms with E-state index in [2.05, 4.69) is 20.6 Å². The zero-order valence-electron chi connectivity index (χ0n) is 13.2. The predicted molar refractivity (Wildman–Crippen MR) is 86.8 cm³/mol. The van der Waals surface area contributed by atoms with E-state index < -0.39 is 0 Å². The van der Waals surface area contributed by atoms with E-state index in [1.807, 2.05) is 26.0 Å². The van der Waals surface area contributed by atoms with Crippen molar-refractivity contribution in [2.24, 2.45) is 5.92 Å². The first-order valence-electron chi connectivity index (χ1n) is 7.47. The van der Waals surface area contributed by atoms with Crippen molar-refractivity contribution in [2.45, 2.75) is 20.4 Å². The van der Waals surface area contributed by atoms with Gasteiger partial charge in [-0.3, -0.25) is 19.6 Å². The van der Waals surface area contributed by atoms with Crippen molar-refractivity contribution in [2.75, 3.05) is 6.54 Å². The third kappa shape index (κ3) is 5.18. The van der Waals surface area contributed by atoms with Crippen LogP contribution >= 0.6 is 0 Å². The Kier molecular flexibility index (Phi) is 5.80. The summed E-state index contributed by atoms with van der Waals surface area (Å²) in [7, 11) is 0. The summed E-state index contributed by atoms with van der Waals surface area (Å²) in [5, 5.41) is 5.59. The lowest BCUT2D eigenvalue weighted by atomic mass is 10.2. The van der Waals surface area contributed by atoms with Crippen molar-refractivity contribution in [1.29, 1.82) is 0 Å². The highest BCUT2D eigenvalue weighted by Gasteiger charge is 2.11. The standard InChI is InChI=1S/C17H20N4O2/c1-12(2)10-20-16(22)14-5-8-19-15(9-14)17(23)21-11-13-3-6-18-7-4-13/h3-9,12H,10-11H2,1-2H3,(H,20,22)(H,21,23). The minimum absolute atomic E-state index is 0.204. The molecule has 2 N–H and O–H groups in total. The lowest BCUT2D eigenvalue weighted by Gasteiger charge is -2.09. The van der Waals surface area contributed by atoms with Gasteiger partial charge in [-0.2, -0.15) is 0 Å². The molecule has 0 aliphatic rings. The number of amides is 2. The maximum atomic E-state index is 12.1. The second kappa shape index (κ2) is 8.03. The lowest BCUT2D eigenvalue weighted by Crippen LogP contribution is -2.28. The molecule has 2 amide bonds. The molecule has 2 heterocycles. The van der Waals surface area contributed by atoms with Crippen LogP contribution in [-0.4, -0.2) is 28.3 Å². The quantitative estimate of drug-likeness (QED) is 0.852. The summed E-state index contributed by atoms with van der Waals surface area (Å²) in [5.74, 6) is -0.159. The maximum absolute atomic E-state index is 12.1. The van der Waals surface area contributed by atoms with Gasteiger partial charge in [0.25, 0.3) is 11.8 Å². The van der Waals surface area contributed by atoms with Crippen LogP contribution in [0.1, 0.15) is 40.3 Å². The highest BCUT2D eigenvalue weighted by atomic mass is 16.2. The summed E-state index contributed by atoms with van der Waals surface area (Å²) >= 11 is 0. The molecular formula is C17H20N4O2. The molecule has 2 aromatic heterocycles. The van der Waals surface area contributed by atoms with Crippen LogP contribution < -0.4 is 10.6 Å². The highest BCUT2D eigenvalue weighted by molar-refractivity contribution is 5.98. The summed E-state index contributed by atoms with van der Waals surface area (Å²) in [6.07, 6.45) is 4.80. The maximum Gasteiger partial charge on any atom is 0.270 e. The van der Waals surface area contributed by atoms with Gasteiger partial charge >= 0.3 is 0 Å². The first kappa shape index (κ1) is 16.6. The Morgan fingerprint density at radius 2 is 1.78 bits per heavy atom. The van der Waals surface area contributed by atoms with E-state index in [4.69, 9.17) is 0 Å². The van der Waals surface area contributed by atoms with Gasteiger partial charge in [-0.15, -0.1) is 0 Å². The second-order valence-electron chi connectivity index (χ2n) is 5.57. The third-order valence-corrected chi connectivity index (χ3v) is 3.13. The summed E-state index contributed by atoms with van der Waals surface area (Å²) in [5.41, 5.74) is 1.59. The van der Waals surface area contributed by atoms with Crippen molar-refractivity contribution in [3.8, 4) is 0 Å².